The van der Waals surface area contributed by atoms with E-state index in [1.807, 2.05) is 20.8 Å². The van der Waals surface area contributed by atoms with Gasteiger partial charge in [0.05, 0.1) is 18.3 Å². The minimum atomic E-state index is -0.271. The van der Waals surface area contributed by atoms with Gasteiger partial charge in [-0.3, -0.25) is 0 Å². The number of ether oxygens (including phenoxy) is 1. The van der Waals surface area contributed by atoms with Crippen LogP contribution >= 0.6 is 15.9 Å². The third kappa shape index (κ3) is 3.02. The molecule has 0 spiro atoms. The van der Waals surface area contributed by atoms with Crippen molar-refractivity contribution in [2.45, 2.75) is 32.5 Å². The number of hydrogen-bond donors (Lipinski definition) is 1. The van der Waals surface area contributed by atoms with E-state index in [4.69, 9.17) is 4.74 Å². The van der Waals surface area contributed by atoms with E-state index in [1.54, 1.807) is 6.20 Å². The number of morpholine rings is 1. The molecule has 100 valence electrons. The highest BCUT2D eigenvalue weighted by molar-refractivity contribution is 9.10. The zero-order valence-corrected chi connectivity index (χ0v) is 12.6. The Bertz CT molecular complexity index is 437. The molecule has 2 heterocycles. The highest BCUT2D eigenvalue weighted by atomic mass is 79.9. The summed E-state index contributed by atoms with van der Waals surface area (Å²) in [5.74, 6) is 0.966. The topological polar surface area (TPSA) is 45.6 Å². The molecule has 0 aliphatic carbocycles. The fourth-order valence-corrected chi connectivity index (χ4v) is 2.86. The van der Waals surface area contributed by atoms with Crippen molar-refractivity contribution in [3.8, 4) is 0 Å². The van der Waals surface area contributed by atoms with Gasteiger partial charge in [-0.2, -0.15) is 0 Å². The molecule has 1 saturated heterocycles. The van der Waals surface area contributed by atoms with Crippen LogP contribution in [-0.2, 0) is 4.74 Å². The molecular weight excluding hydrogens is 296 g/mol. The molecular formula is C13H19BrN2O2. The second kappa shape index (κ2) is 5.15. The van der Waals surface area contributed by atoms with Gasteiger partial charge in [-0.15, -0.1) is 0 Å². The molecule has 0 radical (unpaired) electrons. The first-order valence-electron chi connectivity index (χ1n) is 6.07. The predicted octanol–water partition coefficient (Wildman–Crippen LogP) is 2.13. The van der Waals surface area contributed by atoms with Crippen LogP contribution in [0.15, 0.2) is 16.7 Å². The van der Waals surface area contributed by atoms with E-state index in [-0.39, 0.29) is 18.3 Å². The van der Waals surface area contributed by atoms with E-state index in [2.05, 4.69) is 31.9 Å². The van der Waals surface area contributed by atoms with Crippen LogP contribution in [-0.4, -0.2) is 41.5 Å². The van der Waals surface area contributed by atoms with E-state index in [0.29, 0.717) is 6.54 Å². The van der Waals surface area contributed by atoms with Crippen LogP contribution in [0, 0.1) is 6.92 Å². The first-order chi connectivity index (χ1) is 8.41. The van der Waals surface area contributed by atoms with Gasteiger partial charge < -0.3 is 14.7 Å². The van der Waals surface area contributed by atoms with Crippen LogP contribution in [0.3, 0.4) is 0 Å². The lowest BCUT2D eigenvalue weighted by atomic mass is 10.0. The van der Waals surface area contributed by atoms with Gasteiger partial charge in [0.25, 0.3) is 0 Å². The van der Waals surface area contributed by atoms with E-state index >= 15 is 0 Å². The van der Waals surface area contributed by atoms with Crippen molar-refractivity contribution in [3.05, 3.63) is 22.3 Å². The molecule has 1 fully saturated rings. The monoisotopic (exact) mass is 314 g/mol. The zero-order chi connectivity index (χ0) is 13.3. The summed E-state index contributed by atoms with van der Waals surface area (Å²) in [6.07, 6.45) is 1.65. The summed E-state index contributed by atoms with van der Waals surface area (Å²) in [4.78, 5) is 6.66. The molecule has 4 nitrogen and oxygen atoms in total. The normalized spacial score (nSPS) is 23.2. The highest BCUT2D eigenvalue weighted by Crippen LogP contribution is 2.27. The Morgan fingerprint density at radius 1 is 1.61 bits per heavy atom. The van der Waals surface area contributed by atoms with E-state index in [0.717, 1.165) is 22.4 Å². The fourth-order valence-electron chi connectivity index (χ4n) is 2.42. The smallest absolute Gasteiger partial charge is 0.131 e. The summed E-state index contributed by atoms with van der Waals surface area (Å²) < 4.78 is 6.79. The third-order valence-corrected chi connectivity index (χ3v) is 3.44. The molecule has 1 aliphatic heterocycles. The van der Waals surface area contributed by atoms with Gasteiger partial charge in [-0.25, -0.2) is 4.98 Å². The van der Waals surface area contributed by atoms with Gasteiger partial charge in [-0.05, 0) is 48.3 Å². The molecule has 0 aromatic carbocycles. The van der Waals surface area contributed by atoms with Crippen molar-refractivity contribution in [3.63, 3.8) is 0 Å². The standard InChI is InChI=1S/C13H19BrN2O2/c1-9-4-10(14)5-15-12(9)16-6-11(7-17)18-13(2,3)8-16/h4-5,11,17H,6-8H2,1-3H3. The Morgan fingerprint density at radius 3 is 2.94 bits per heavy atom. The molecule has 1 N–H and O–H groups in total. The lowest BCUT2D eigenvalue weighted by Gasteiger charge is -2.43. The molecule has 2 rings (SSSR count). The summed E-state index contributed by atoms with van der Waals surface area (Å²) in [6.45, 7) is 7.61. The van der Waals surface area contributed by atoms with E-state index in [1.165, 1.54) is 0 Å². The predicted molar refractivity (Wildman–Crippen MR) is 74.9 cm³/mol. The third-order valence-electron chi connectivity index (χ3n) is 3.00. The molecule has 0 saturated carbocycles. The maximum atomic E-state index is 9.32. The largest absolute Gasteiger partial charge is 0.394 e. The van der Waals surface area contributed by atoms with Crippen molar-refractivity contribution in [2.75, 3.05) is 24.6 Å². The lowest BCUT2D eigenvalue weighted by Crippen LogP contribution is -2.54. The second-order valence-corrected chi connectivity index (χ2v) is 6.27. The van der Waals surface area contributed by atoms with Crippen molar-refractivity contribution in [1.82, 2.24) is 4.98 Å². The van der Waals surface area contributed by atoms with Crippen LogP contribution in [0.2, 0.25) is 0 Å². The quantitative estimate of drug-likeness (QED) is 0.908. The van der Waals surface area contributed by atoms with Crippen molar-refractivity contribution in [2.24, 2.45) is 0 Å². The molecule has 1 aromatic heterocycles. The Balaban J connectivity index is 2.26. The van der Waals surface area contributed by atoms with Crippen LogP contribution in [0.4, 0.5) is 5.82 Å². The Kier molecular flexibility index (Phi) is 3.94. The molecule has 0 bridgehead atoms. The minimum Gasteiger partial charge on any atom is -0.394 e. The number of aliphatic hydroxyl groups excluding tert-OH is 1. The summed E-state index contributed by atoms with van der Waals surface area (Å²) in [5, 5.41) is 9.32. The number of nitrogens with zero attached hydrogens (tertiary/aromatic N) is 2. The van der Waals surface area contributed by atoms with Gasteiger partial charge in [0, 0.05) is 23.8 Å². The van der Waals surface area contributed by atoms with Crippen LogP contribution in [0.25, 0.3) is 0 Å². The number of aromatic nitrogens is 1. The van der Waals surface area contributed by atoms with E-state index < -0.39 is 0 Å². The number of pyridine rings is 1. The summed E-state index contributed by atoms with van der Waals surface area (Å²) in [5.41, 5.74) is 0.853. The highest BCUT2D eigenvalue weighted by Gasteiger charge is 2.34. The van der Waals surface area contributed by atoms with Crippen LogP contribution in [0.1, 0.15) is 19.4 Å². The average Bonchev–Trinajstić information content (AvgIpc) is 2.26. The van der Waals surface area contributed by atoms with Gasteiger partial charge in [0.1, 0.15) is 5.82 Å². The van der Waals surface area contributed by atoms with Crippen LogP contribution in [0.5, 0.6) is 0 Å². The van der Waals surface area contributed by atoms with Crippen molar-refractivity contribution >= 4 is 21.7 Å². The SMILES string of the molecule is Cc1cc(Br)cnc1N1CC(CO)OC(C)(C)C1. The molecule has 18 heavy (non-hydrogen) atoms. The summed E-state index contributed by atoms with van der Waals surface area (Å²) >= 11 is 3.42. The maximum absolute atomic E-state index is 9.32. The van der Waals surface area contributed by atoms with Crippen molar-refractivity contribution in [1.29, 1.82) is 0 Å². The van der Waals surface area contributed by atoms with Gasteiger partial charge >= 0.3 is 0 Å². The molecule has 1 atom stereocenters. The maximum Gasteiger partial charge on any atom is 0.131 e. The summed E-state index contributed by atoms with van der Waals surface area (Å²) in [6, 6.07) is 2.05. The number of anilines is 1. The Morgan fingerprint density at radius 2 is 2.33 bits per heavy atom. The second-order valence-electron chi connectivity index (χ2n) is 5.36. The van der Waals surface area contributed by atoms with E-state index in [9.17, 15) is 5.11 Å². The molecule has 1 aliphatic rings. The average molecular weight is 315 g/mol. The number of halogens is 1. The fraction of sp³-hybridized carbons (Fsp3) is 0.615. The first kappa shape index (κ1) is 13.8. The first-order valence-corrected chi connectivity index (χ1v) is 6.86. The van der Waals surface area contributed by atoms with Gasteiger partial charge in [0.2, 0.25) is 0 Å². The lowest BCUT2D eigenvalue weighted by molar-refractivity contribution is -0.101. The molecule has 1 unspecified atom stereocenters. The van der Waals surface area contributed by atoms with Crippen molar-refractivity contribution < 1.29 is 9.84 Å². The number of rotatable bonds is 2. The molecule has 0 amide bonds. The Hall–Kier alpha value is -0.650. The Labute approximate surface area is 116 Å². The minimum absolute atomic E-state index is 0.0372. The number of aliphatic hydroxyl groups is 1. The molecule has 1 aromatic rings. The summed E-state index contributed by atoms with van der Waals surface area (Å²) in [7, 11) is 0. The zero-order valence-electron chi connectivity index (χ0n) is 11.0. The van der Waals surface area contributed by atoms with Crippen LogP contribution < -0.4 is 4.90 Å². The molecule has 5 heteroatoms. The number of hydrogen-bond acceptors (Lipinski definition) is 4. The van der Waals surface area contributed by atoms with Gasteiger partial charge in [0.15, 0.2) is 0 Å². The van der Waals surface area contributed by atoms with Gasteiger partial charge in [-0.1, -0.05) is 0 Å². The number of aryl methyl sites for hydroxylation is 1.